The third kappa shape index (κ3) is 2.97. The van der Waals surface area contributed by atoms with Crippen LogP contribution < -0.4 is 5.32 Å². The number of nitriles is 1. The summed E-state index contributed by atoms with van der Waals surface area (Å²) in [5.74, 6) is 1.99. The highest BCUT2D eigenvalue weighted by atomic mass is 32.2. The van der Waals surface area contributed by atoms with Crippen molar-refractivity contribution < 1.29 is 4.39 Å². The Labute approximate surface area is 98.8 Å². The second-order valence-corrected chi connectivity index (χ2v) is 5.05. The van der Waals surface area contributed by atoms with E-state index in [1.165, 1.54) is 24.3 Å². The van der Waals surface area contributed by atoms with Gasteiger partial charge in [0.25, 0.3) is 0 Å². The Morgan fingerprint density at radius 1 is 1.50 bits per heavy atom. The van der Waals surface area contributed by atoms with E-state index in [1.807, 2.05) is 17.8 Å². The van der Waals surface area contributed by atoms with Crippen LogP contribution in [0.2, 0.25) is 0 Å². The van der Waals surface area contributed by atoms with Gasteiger partial charge in [-0.2, -0.15) is 17.0 Å². The lowest BCUT2D eigenvalue weighted by atomic mass is 10.1. The van der Waals surface area contributed by atoms with Crippen molar-refractivity contribution in [3.8, 4) is 6.07 Å². The molecule has 1 aliphatic heterocycles. The van der Waals surface area contributed by atoms with Crippen molar-refractivity contribution in [2.24, 2.45) is 0 Å². The SMILES string of the molecule is N#Cc1cc(F)cc(CNC2CCSC2)c1. The average Bonchev–Trinajstić information content (AvgIpc) is 2.78. The molecule has 0 saturated carbocycles. The van der Waals surface area contributed by atoms with Crippen LogP contribution in [0.1, 0.15) is 17.5 Å². The van der Waals surface area contributed by atoms with Crippen molar-refractivity contribution in [2.45, 2.75) is 19.0 Å². The number of benzene rings is 1. The molecule has 1 aromatic rings. The van der Waals surface area contributed by atoms with Crippen LogP contribution >= 0.6 is 11.8 Å². The molecule has 2 nitrogen and oxygen atoms in total. The van der Waals surface area contributed by atoms with Crippen LogP contribution in [-0.2, 0) is 6.54 Å². The molecule has 0 aromatic heterocycles. The molecule has 1 aliphatic rings. The molecule has 0 amide bonds. The number of halogens is 1. The van der Waals surface area contributed by atoms with E-state index >= 15 is 0 Å². The summed E-state index contributed by atoms with van der Waals surface area (Å²) in [7, 11) is 0. The molecule has 2 rings (SSSR count). The number of hydrogen-bond acceptors (Lipinski definition) is 3. The summed E-state index contributed by atoms with van der Waals surface area (Å²) in [6.07, 6.45) is 1.17. The van der Waals surface area contributed by atoms with E-state index in [-0.39, 0.29) is 5.82 Å². The van der Waals surface area contributed by atoms with E-state index in [4.69, 9.17) is 5.26 Å². The Morgan fingerprint density at radius 3 is 3.06 bits per heavy atom. The maximum atomic E-state index is 13.1. The summed E-state index contributed by atoms with van der Waals surface area (Å²) in [5.41, 5.74) is 1.23. The molecule has 1 unspecified atom stereocenters. The van der Waals surface area contributed by atoms with E-state index in [0.717, 1.165) is 11.3 Å². The Hall–Kier alpha value is -1.05. The van der Waals surface area contributed by atoms with Gasteiger partial charge in [0.2, 0.25) is 0 Å². The highest BCUT2D eigenvalue weighted by molar-refractivity contribution is 7.99. The third-order valence-corrected chi connectivity index (χ3v) is 3.77. The second kappa shape index (κ2) is 5.33. The summed E-state index contributed by atoms with van der Waals surface area (Å²) in [6, 6.07) is 6.97. The van der Waals surface area contributed by atoms with Crippen molar-refractivity contribution in [3.05, 3.63) is 35.1 Å². The van der Waals surface area contributed by atoms with Gasteiger partial charge in [-0.3, -0.25) is 0 Å². The molecule has 0 bridgehead atoms. The molecule has 16 heavy (non-hydrogen) atoms. The zero-order valence-electron chi connectivity index (χ0n) is 8.87. The first-order valence-electron chi connectivity index (χ1n) is 5.28. The molecule has 1 N–H and O–H groups in total. The van der Waals surface area contributed by atoms with Gasteiger partial charge >= 0.3 is 0 Å². The lowest BCUT2D eigenvalue weighted by molar-refractivity contribution is 0.554. The van der Waals surface area contributed by atoms with Gasteiger partial charge in [-0.15, -0.1) is 0 Å². The van der Waals surface area contributed by atoms with Crippen LogP contribution in [0.5, 0.6) is 0 Å². The molecule has 4 heteroatoms. The van der Waals surface area contributed by atoms with Gasteiger partial charge in [0.15, 0.2) is 0 Å². The van der Waals surface area contributed by atoms with E-state index in [2.05, 4.69) is 5.32 Å². The number of hydrogen-bond donors (Lipinski definition) is 1. The fraction of sp³-hybridized carbons (Fsp3) is 0.417. The van der Waals surface area contributed by atoms with Crippen molar-refractivity contribution in [1.29, 1.82) is 5.26 Å². The fourth-order valence-electron chi connectivity index (χ4n) is 1.77. The van der Waals surface area contributed by atoms with E-state index in [1.54, 1.807) is 6.07 Å². The van der Waals surface area contributed by atoms with Crippen LogP contribution in [-0.4, -0.2) is 17.5 Å². The third-order valence-electron chi connectivity index (χ3n) is 2.61. The number of nitrogens with one attached hydrogen (secondary N) is 1. The Bertz CT molecular complexity index is 408. The molecule has 84 valence electrons. The van der Waals surface area contributed by atoms with Crippen LogP contribution in [0.4, 0.5) is 4.39 Å². The smallest absolute Gasteiger partial charge is 0.124 e. The maximum absolute atomic E-state index is 13.1. The van der Waals surface area contributed by atoms with Crippen molar-refractivity contribution >= 4 is 11.8 Å². The minimum absolute atomic E-state index is 0.336. The van der Waals surface area contributed by atoms with Crippen molar-refractivity contribution in [2.75, 3.05) is 11.5 Å². The molecule has 1 heterocycles. The molecule has 0 radical (unpaired) electrons. The van der Waals surface area contributed by atoms with E-state index in [9.17, 15) is 4.39 Å². The van der Waals surface area contributed by atoms with E-state index < -0.39 is 0 Å². The van der Waals surface area contributed by atoms with Crippen LogP contribution in [0.25, 0.3) is 0 Å². The highest BCUT2D eigenvalue weighted by Crippen LogP contribution is 2.17. The van der Waals surface area contributed by atoms with Gasteiger partial charge in [-0.1, -0.05) is 0 Å². The summed E-state index contributed by atoms with van der Waals surface area (Å²) < 4.78 is 13.1. The van der Waals surface area contributed by atoms with Gasteiger partial charge in [0.1, 0.15) is 5.82 Å². The topological polar surface area (TPSA) is 35.8 Å². The minimum atomic E-state index is -0.336. The standard InChI is InChI=1S/C12H13FN2S/c13-11-4-9(6-14)3-10(5-11)7-15-12-1-2-16-8-12/h3-5,12,15H,1-2,7-8H2. The average molecular weight is 236 g/mol. The van der Waals surface area contributed by atoms with Gasteiger partial charge in [-0.25, -0.2) is 4.39 Å². The first kappa shape index (κ1) is 11.4. The second-order valence-electron chi connectivity index (χ2n) is 3.90. The molecule has 1 atom stereocenters. The van der Waals surface area contributed by atoms with Crippen molar-refractivity contribution in [1.82, 2.24) is 5.32 Å². The van der Waals surface area contributed by atoms with Gasteiger partial charge < -0.3 is 5.32 Å². The largest absolute Gasteiger partial charge is 0.309 e. The Morgan fingerprint density at radius 2 is 2.38 bits per heavy atom. The Kier molecular flexibility index (Phi) is 3.81. The summed E-state index contributed by atoms with van der Waals surface area (Å²) in [6.45, 7) is 0.637. The number of thioether (sulfide) groups is 1. The van der Waals surface area contributed by atoms with E-state index in [0.29, 0.717) is 18.2 Å². The minimum Gasteiger partial charge on any atom is -0.309 e. The molecular weight excluding hydrogens is 223 g/mol. The summed E-state index contributed by atoms with van der Waals surface area (Å²) in [4.78, 5) is 0. The molecule has 1 fully saturated rings. The summed E-state index contributed by atoms with van der Waals surface area (Å²) >= 11 is 1.94. The fourth-order valence-corrected chi connectivity index (χ4v) is 2.96. The number of rotatable bonds is 3. The molecule has 1 aromatic carbocycles. The first-order valence-corrected chi connectivity index (χ1v) is 6.44. The van der Waals surface area contributed by atoms with Gasteiger partial charge in [0.05, 0.1) is 11.6 Å². The highest BCUT2D eigenvalue weighted by Gasteiger charge is 2.14. The lowest BCUT2D eigenvalue weighted by Crippen LogP contribution is -2.28. The summed E-state index contributed by atoms with van der Waals surface area (Å²) in [5, 5.41) is 12.1. The predicted octanol–water partition coefficient (Wildman–Crippen LogP) is 2.29. The predicted molar refractivity (Wildman–Crippen MR) is 63.7 cm³/mol. The van der Waals surface area contributed by atoms with Crippen LogP contribution in [0.3, 0.4) is 0 Å². The quantitative estimate of drug-likeness (QED) is 0.874. The molecule has 0 spiro atoms. The van der Waals surface area contributed by atoms with Crippen molar-refractivity contribution in [3.63, 3.8) is 0 Å². The van der Waals surface area contributed by atoms with Crippen LogP contribution in [0.15, 0.2) is 18.2 Å². The first-order chi connectivity index (χ1) is 7.78. The van der Waals surface area contributed by atoms with Gasteiger partial charge in [0, 0.05) is 18.3 Å². The monoisotopic (exact) mass is 236 g/mol. The number of nitrogens with zero attached hydrogens (tertiary/aromatic N) is 1. The normalized spacial score (nSPS) is 19.6. The Balaban J connectivity index is 1.98. The maximum Gasteiger partial charge on any atom is 0.124 e. The molecular formula is C12H13FN2S. The van der Waals surface area contributed by atoms with Gasteiger partial charge in [-0.05, 0) is 35.9 Å². The molecule has 1 saturated heterocycles. The molecule has 0 aliphatic carbocycles. The zero-order valence-corrected chi connectivity index (χ0v) is 9.69. The van der Waals surface area contributed by atoms with Crippen LogP contribution in [0, 0.1) is 17.1 Å². The zero-order chi connectivity index (χ0) is 11.4. The lowest BCUT2D eigenvalue weighted by Gasteiger charge is -2.11.